The number of carbonyl (C=O) groups excluding carboxylic acids is 1. The first-order chi connectivity index (χ1) is 27.7. The molecule has 0 saturated heterocycles. The number of aliphatic hydroxyl groups is 2. The maximum absolute atomic E-state index is 12.4. The molecule has 0 saturated carbocycles. The number of rotatable bonds is 47. The highest BCUT2D eigenvalue weighted by molar-refractivity contribution is 5.76. The van der Waals surface area contributed by atoms with Crippen LogP contribution in [0, 0.1) is 0 Å². The number of unbranched alkanes of at least 4 members (excludes halogenated alkanes) is 37. The molecule has 0 aromatic rings. The second-order valence-corrected chi connectivity index (χ2v) is 17.6. The van der Waals surface area contributed by atoms with Crippen molar-refractivity contribution >= 4 is 5.91 Å². The highest BCUT2D eigenvalue weighted by atomic mass is 16.3. The molecule has 0 rings (SSSR count). The molecule has 1 amide bonds. The fourth-order valence-electron chi connectivity index (χ4n) is 8.06. The van der Waals surface area contributed by atoms with Crippen molar-refractivity contribution in [3.05, 3.63) is 24.3 Å². The molecular formula is C52H101NO3. The average molecular weight is 788 g/mol. The number of allylic oxidation sites excluding steroid dienone is 4. The quantitative estimate of drug-likeness (QED) is 0.0425. The number of aliphatic hydroxyl groups excluding tert-OH is 2. The van der Waals surface area contributed by atoms with Gasteiger partial charge < -0.3 is 15.5 Å². The van der Waals surface area contributed by atoms with Gasteiger partial charge in [0.2, 0.25) is 5.91 Å². The van der Waals surface area contributed by atoms with Crippen LogP contribution in [0.15, 0.2) is 24.3 Å². The zero-order valence-electron chi connectivity index (χ0n) is 38.2. The Morgan fingerprint density at radius 1 is 0.429 bits per heavy atom. The van der Waals surface area contributed by atoms with E-state index in [2.05, 4.69) is 43.5 Å². The van der Waals surface area contributed by atoms with Gasteiger partial charge in [-0.05, 0) is 38.5 Å². The van der Waals surface area contributed by atoms with Crippen LogP contribution >= 0.6 is 0 Å². The third-order valence-corrected chi connectivity index (χ3v) is 12.0. The van der Waals surface area contributed by atoms with Crippen molar-refractivity contribution in [3.8, 4) is 0 Å². The molecule has 0 fully saturated rings. The lowest BCUT2D eigenvalue weighted by molar-refractivity contribution is -0.123. The number of nitrogens with one attached hydrogen (secondary N) is 1. The Bertz CT molecular complexity index is 810. The number of hydrogen-bond donors (Lipinski definition) is 3. The predicted octanol–water partition coefficient (Wildman–Crippen LogP) is 16.4. The minimum absolute atomic E-state index is 0.0317. The van der Waals surface area contributed by atoms with Gasteiger partial charge in [0.05, 0.1) is 18.8 Å². The van der Waals surface area contributed by atoms with Crippen LogP contribution in [0.5, 0.6) is 0 Å². The topological polar surface area (TPSA) is 69.6 Å². The van der Waals surface area contributed by atoms with E-state index < -0.39 is 12.1 Å². The molecule has 0 aliphatic heterocycles. The summed E-state index contributed by atoms with van der Waals surface area (Å²) < 4.78 is 0. The number of amides is 1. The zero-order valence-corrected chi connectivity index (χ0v) is 38.2. The molecular weight excluding hydrogens is 687 g/mol. The van der Waals surface area contributed by atoms with Gasteiger partial charge in [-0.25, -0.2) is 0 Å². The predicted molar refractivity (Wildman–Crippen MR) is 249 cm³/mol. The second-order valence-electron chi connectivity index (χ2n) is 17.6. The van der Waals surface area contributed by atoms with Crippen LogP contribution in [0.2, 0.25) is 0 Å². The van der Waals surface area contributed by atoms with Crippen LogP contribution in [0.25, 0.3) is 0 Å². The maximum atomic E-state index is 12.4. The molecule has 0 aliphatic carbocycles. The monoisotopic (exact) mass is 788 g/mol. The second kappa shape index (κ2) is 48.2. The summed E-state index contributed by atoms with van der Waals surface area (Å²) in [6.07, 6.45) is 62.8. The lowest BCUT2D eigenvalue weighted by Crippen LogP contribution is -2.45. The van der Waals surface area contributed by atoms with Crippen LogP contribution in [-0.2, 0) is 4.79 Å². The van der Waals surface area contributed by atoms with Gasteiger partial charge in [-0.15, -0.1) is 0 Å². The SMILES string of the molecule is CCCCC/C=C\C=C/CCCCCCCCCCCCC(=O)NC(CO)C(O)CCCCCCCCCCCCCCCCCCCCCCCCCCC. The van der Waals surface area contributed by atoms with Crippen LogP contribution in [0.4, 0.5) is 0 Å². The standard InChI is InChI=1S/C52H101NO3/c1-3-5-7-9-11-13-15-17-19-21-23-24-25-26-27-28-30-31-33-35-37-39-41-43-45-47-51(55)50(49-54)53-52(56)48-46-44-42-40-38-36-34-32-29-22-20-18-16-14-12-10-8-6-4-2/h12,14,16,18,50-51,54-55H,3-11,13,15,17,19-49H2,1-2H3,(H,53,56)/b14-12-,18-16-. The lowest BCUT2D eigenvalue weighted by Gasteiger charge is -2.22. The largest absolute Gasteiger partial charge is 0.394 e. The Labute approximate surface area is 351 Å². The van der Waals surface area contributed by atoms with E-state index in [1.807, 2.05) is 0 Å². The first kappa shape index (κ1) is 54.9. The van der Waals surface area contributed by atoms with E-state index in [4.69, 9.17) is 0 Å². The Balaban J connectivity index is 3.45. The smallest absolute Gasteiger partial charge is 0.220 e. The molecule has 4 nitrogen and oxygen atoms in total. The van der Waals surface area contributed by atoms with Crippen molar-refractivity contribution in [3.63, 3.8) is 0 Å². The van der Waals surface area contributed by atoms with E-state index in [0.717, 1.165) is 25.7 Å². The molecule has 2 unspecified atom stereocenters. The molecule has 0 spiro atoms. The van der Waals surface area contributed by atoms with E-state index >= 15 is 0 Å². The van der Waals surface area contributed by atoms with Crippen LogP contribution < -0.4 is 5.32 Å². The van der Waals surface area contributed by atoms with Gasteiger partial charge in [-0.2, -0.15) is 0 Å². The Morgan fingerprint density at radius 3 is 1.07 bits per heavy atom. The maximum Gasteiger partial charge on any atom is 0.220 e. The summed E-state index contributed by atoms with van der Waals surface area (Å²) in [6, 6.07) is -0.537. The van der Waals surface area contributed by atoms with Crippen LogP contribution in [-0.4, -0.2) is 34.9 Å². The fraction of sp³-hybridized carbons (Fsp3) is 0.904. The molecule has 0 aromatic carbocycles. The molecule has 0 heterocycles. The van der Waals surface area contributed by atoms with Gasteiger partial charge in [0, 0.05) is 6.42 Å². The third kappa shape index (κ3) is 44.0. The van der Waals surface area contributed by atoms with Crippen molar-refractivity contribution < 1.29 is 15.0 Å². The molecule has 4 heteroatoms. The van der Waals surface area contributed by atoms with E-state index in [9.17, 15) is 15.0 Å². The molecule has 0 aliphatic rings. The van der Waals surface area contributed by atoms with Gasteiger partial charge in [0.25, 0.3) is 0 Å². The summed E-state index contributed by atoms with van der Waals surface area (Å²) in [4.78, 5) is 12.4. The minimum Gasteiger partial charge on any atom is -0.394 e. The van der Waals surface area contributed by atoms with Crippen molar-refractivity contribution in [2.24, 2.45) is 0 Å². The Morgan fingerprint density at radius 2 is 0.714 bits per heavy atom. The van der Waals surface area contributed by atoms with Crippen LogP contribution in [0.3, 0.4) is 0 Å². The molecule has 0 radical (unpaired) electrons. The average Bonchev–Trinajstić information content (AvgIpc) is 3.20. The normalized spacial score (nSPS) is 13.0. The third-order valence-electron chi connectivity index (χ3n) is 12.0. The summed E-state index contributed by atoms with van der Waals surface area (Å²) in [5.41, 5.74) is 0. The first-order valence-corrected chi connectivity index (χ1v) is 25.6. The minimum atomic E-state index is -0.660. The van der Waals surface area contributed by atoms with Crippen LogP contribution in [0.1, 0.15) is 284 Å². The number of hydrogen-bond acceptors (Lipinski definition) is 3. The summed E-state index contributed by atoms with van der Waals surface area (Å²) in [5, 5.41) is 23.3. The summed E-state index contributed by atoms with van der Waals surface area (Å²) in [7, 11) is 0. The van der Waals surface area contributed by atoms with Gasteiger partial charge >= 0.3 is 0 Å². The van der Waals surface area contributed by atoms with Crippen molar-refractivity contribution in [1.29, 1.82) is 0 Å². The molecule has 0 aromatic heterocycles. The van der Waals surface area contributed by atoms with Crippen molar-refractivity contribution in [1.82, 2.24) is 5.32 Å². The van der Waals surface area contributed by atoms with Gasteiger partial charge in [0.15, 0.2) is 0 Å². The molecule has 2 atom stereocenters. The molecule has 56 heavy (non-hydrogen) atoms. The van der Waals surface area contributed by atoms with Gasteiger partial charge in [0.1, 0.15) is 0 Å². The van der Waals surface area contributed by atoms with E-state index in [1.54, 1.807) is 0 Å². The molecule has 0 bridgehead atoms. The molecule has 332 valence electrons. The summed E-state index contributed by atoms with van der Waals surface area (Å²) in [6.45, 7) is 4.36. The molecule has 3 N–H and O–H groups in total. The first-order valence-electron chi connectivity index (χ1n) is 25.6. The summed E-state index contributed by atoms with van der Waals surface area (Å²) >= 11 is 0. The van der Waals surface area contributed by atoms with Crippen molar-refractivity contribution in [2.75, 3.05) is 6.61 Å². The number of carbonyl (C=O) groups is 1. The van der Waals surface area contributed by atoms with E-state index in [1.165, 1.54) is 231 Å². The van der Waals surface area contributed by atoms with Crippen molar-refractivity contribution in [2.45, 2.75) is 296 Å². The van der Waals surface area contributed by atoms with Gasteiger partial charge in [-0.3, -0.25) is 4.79 Å². The fourth-order valence-corrected chi connectivity index (χ4v) is 8.06. The lowest BCUT2D eigenvalue weighted by atomic mass is 10.0. The Kier molecular flexibility index (Phi) is 47.3. The van der Waals surface area contributed by atoms with Gasteiger partial charge in [-0.1, -0.05) is 263 Å². The van der Waals surface area contributed by atoms with E-state index in [0.29, 0.717) is 12.8 Å². The highest BCUT2D eigenvalue weighted by Gasteiger charge is 2.20. The summed E-state index contributed by atoms with van der Waals surface area (Å²) in [5.74, 6) is -0.0317. The highest BCUT2D eigenvalue weighted by Crippen LogP contribution is 2.17. The zero-order chi connectivity index (χ0) is 40.7. The van der Waals surface area contributed by atoms with E-state index in [-0.39, 0.29) is 12.5 Å². The Hall–Kier alpha value is -1.13.